The van der Waals surface area contributed by atoms with Gasteiger partial charge in [-0.2, -0.15) is 0 Å². The first kappa shape index (κ1) is 11.3. The van der Waals surface area contributed by atoms with Crippen molar-refractivity contribution in [2.45, 2.75) is 9.79 Å². The van der Waals surface area contributed by atoms with Crippen LogP contribution < -0.4 is 4.90 Å². The topological polar surface area (TPSA) is 3.24 Å². The third-order valence-corrected chi connectivity index (χ3v) is 10.2. The van der Waals surface area contributed by atoms with Gasteiger partial charge in [0.25, 0.3) is 0 Å². The number of hydrogen-bond acceptors (Lipinski definition) is 6. The number of rotatable bonds is 1. The summed E-state index contributed by atoms with van der Waals surface area (Å²) >= 11 is 0. The van der Waals surface area contributed by atoms with Gasteiger partial charge in [-0.1, -0.05) is 0 Å². The fraction of sp³-hybridized carbons (Fsp3) is 0.250. The number of hydrogen-bond donors (Lipinski definition) is 0. The second-order valence-electron chi connectivity index (χ2n) is 2.90. The highest BCUT2D eigenvalue weighted by atomic mass is 33.8. The van der Waals surface area contributed by atoms with Crippen molar-refractivity contribution in [1.29, 1.82) is 0 Å². The van der Waals surface area contributed by atoms with Crippen molar-refractivity contribution in [3.8, 4) is 0 Å². The summed E-state index contributed by atoms with van der Waals surface area (Å²) in [6.45, 7) is 0. The maximum absolute atomic E-state index is 2.26. The van der Waals surface area contributed by atoms with E-state index in [2.05, 4.69) is 37.2 Å². The average Bonchev–Trinajstić information content (AvgIpc) is 2.41. The Balaban J connectivity index is 2.32. The van der Waals surface area contributed by atoms with Crippen molar-refractivity contribution >= 4 is 56.8 Å². The van der Waals surface area contributed by atoms with Gasteiger partial charge in [0, 0.05) is 29.6 Å². The summed E-state index contributed by atoms with van der Waals surface area (Å²) in [7, 11) is 13.4. The molecule has 2 rings (SSSR count). The zero-order chi connectivity index (χ0) is 9.97. The standard InChI is InChI=1S/C8H9NS5/c1-9(2)6-3-4-7-8(5-6)11-13-14-12-10-7/h3-5H,1-2H3. The van der Waals surface area contributed by atoms with Gasteiger partial charge in [-0.15, -0.1) is 0 Å². The quantitative estimate of drug-likeness (QED) is 0.674. The molecule has 0 amide bonds. The lowest BCUT2D eigenvalue weighted by Gasteiger charge is -2.14. The van der Waals surface area contributed by atoms with E-state index in [1.165, 1.54) is 15.5 Å². The predicted octanol–water partition coefficient (Wildman–Crippen LogP) is 4.81. The van der Waals surface area contributed by atoms with E-state index >= 15 is 0 Å². The van der Waals surface area contributed by atoms with E-state index in [4.69, 9.17) is 0 Å². The third-order valence-electron chi connectivity index (χ3n) is 1.75. The molecular weight excluding hydrogens is 270 g/mol. The van der Waals surface area contributed by atoms with Gasteiger partial charge in [-0.05, 0) is 69.3 Å². The van der Waals surface area contributed by atoms with Gasteiger partial charge in [0.2, 0.25) is 0 Å². The molecule has 0 saturated heterocycles. The number of benzene rings is 1. The molecule has 0 atom stereocenters. The van der Waals surface area contributed by atoms with Gasteiger partial charge < -0.3 is 4.90 Å². The van der Waals surface area contributed by atoms with Gasteiger partial charge in [0.1, 0.15) is 0 Å². The minimum absolute atomic E-state index is 1.27. The summed E-state index contributed by atoms with van der Waals surface area (Å²) in [5.41, 5.74) is 1.27. The van der Waals surface area contributed by atoms with Crippen LogP contribution in [0.1, 0.15) is 0 Å². The third kappa shape index (κ3) is 2.66. The smallest absolute Gasteiger partial charge is 0.0373 e. The van der Waals surface area contributed by atoms with Crippen molar-refractivity contribution in [3.63, 3.8) is 0 Å². The second-order valence-corrected chi connectivity index (χ2v) is 10.4. The van der Waals surface area contributed by atoms with Crippen LogP contribution in [0, 0.1) is 0 Å². The number of anilines is 1. The van der Waals surface area contributed by atoms with Gasteiger partial charge in [0.05, 0.1) is 0 Å². The molecule has 1 aliphatic rings. The van der Waals surface area contributed by atoms with Crippen LogP contribution in [0.5, 0.6) is 0 Å². The molecule has 6 heteroatoms. The Morgan fingerprint density at radius 3 is 2.36 bits per heavy atom. The lowest BCUT2D eigenvalue weighted by Crippen LogP contribution is -2.08. The van der Waals surface area contributed by atoms with Crippen LogP contribution in [0.15, 0.2) is 28.0 Å². The molecule has 0 spiro atoms. The van der Waals surface area contributed by atoms with E-state index < -0.39 is 0 Å². The van der Waals surface area contributed by atoms with Crippen LogP contribution in [0.2, 0.25) is 0 Å². The maximum atomic E-state index is 2.26. The molecule has 0 aliphatic carbocycles. The van der Waals surface area contributed by atoms with Crippen LogP contribution in [-0.4, -0.2) is 14.1 Å². The lowest BCUT2D eigenvalue weighted by atomic mass is 10.3. The molecule has 0 bridgehead atoms. The Morgan fingerprint density at radius 2 is 1.64 bits per heavy atom. The predicted molar refractivity (Wildman–Crippen MR) is 75.3 cm³/mol. The van der Waals surface area contributed by atoms with Gasteiger partial charge >= 0.3 is 0 Å². The molecule has 1 heterocycles. The first-order valence-corrected chi connectivity index (χ1v) is 10.1. The van der Waals surface area contributed by atoms with Crippen LogP contribution in [0.3, 0.4) is 0 Å². The summed E-state index contributed by atoms with van der Waals surface area (Å²) in [4.78, 5) is 4.90. The van der Waals surface area contributed by atoms with E-state index in [9.17, 15) is 0 Å². The molecule has 0 saturated carbocycles. The van der Waals surface area contributed by atoms with E-state index in [0.29, 0.717) is 0 Å². The van der Waals surface area contributed by atoms with Crippen LogP contribution in [0.25, 0.3) is 0 Å². The Hall–Kier alpha value is 0.770. The van der Waals surface area contributed by atoms with E-state index in [1.54, 1.807) is 0 Å². The molecule has 0 unspecified atom stereocenters. The minimum atomic E-state index is 1.27. The van der Waals surface area contributed by atoms with Gasteiger partial charge in [-0.3, -0.25) is 0 Å². The van der Waals surface area contributed by atoms with Crippen molar-refractivity contribution in [1.82, 2.24) is 0 Å². The minimum Gasteiger partial charge on any atom is -0.378 e. The molecule has 1 aromatic rings. The van der Waals surface area contributed by atoms with Crippen molar-refractivity contribution < 1.29 is 0 Å². The van der Waals surface area contributed by atoms with Crippen molar-refractivity contribution in [2.75, 3.05) is 19.0 Å². The van der Waals surface area contributed by atoms with E-state index in [1.807, 2.05) is 51.1 Å². The Labute approximate surface area is 103 Å². The zero-order valence-corrected chi connectivity index (χ0v) is 11.8. The monoisotopic (exact) mass is 279 g/mol. The maximum Gasteiger partial charge on any atom is 0.0373 e. The highest BCUT2D eigenvalue weighted by molar-refractivity contribution is 9.36. The molecule has 14 heavy (non-hydrogen) atoms. The highest BCUT2D eigenvalue weighted by Gasteiger charge is 2.11. The largest absolute Gasteiger partial charge is 0.378 e. The van der Waals surface area contributed by atoms with E-state index in [-0.39, 0.29) is 0 Å². The molecule has 0 N–H and O–H groups in total. The van der Waals surface area contributed by atoms with Crippen molar-refractivity contribution in [3.05, 3.63) is 18.2 Å². The van der Waals surface area contributed by atoms with Gasteiger partial charge in [0.15, 0.2) is 0 Å². The first-order valence-electron chi connectivity index (χ1n) is 3.93. The van der Waals surface area contributed by atoms with Crippen molar-refractivity contribution in [2.24, 2.45) is 0 Å². The zero-order valence-electron chi connectivity index (χ0n) is 7.72. The Morgan fingerprint density at radius 1 is 0.929 bits per heavy atom. The van der Waals surface area contributed by atoms with Gasteiger partial charge in [-0.25, -0.2) is 0 Å². The fourth-order valence-corrected chi connectivity index (χ4v) is 9.89. The highest BCUT2D eigenvalue weighted by Crippen LogP contribution is 2.59. The molecule has 1 aliphatic heterocycles. The lowest BCUT2D eigenvalue weighted by molar-refractivity contribution is 1.11. The van der Waals surface area contributed by atoms with Crippen LogP contribution >= 0.6 is 51.1 Å². The normalized spacial score (nSPS) is 15.9. The molecule has 0 fully saturated rings. The summed E-state index contributed by atoms with van der Waals surface area (Å²) < 4.78 is 0. The Bertz CT molecular complexity index is 328. The first-order chi connectivity index (χ1) is 6.77. The number of nitrogens with zero attached hydrogens (tertiary/aromatic N) is 1. The number of fused-ring (bicyclic) bond motifs is 1. The molecular formula is C8H9NS5. The Kier molecular flexibility index (Phi) is 4.19. The summed E-state index contributed by atoms with van der Waals surface area (Å²) in [6, 6.07) is 6.64. The second kappa shape index (κ2) is 5.21. The average molecular weight is 280 g/mol. The summed E-state index contributed by atoms with van der Waals surface area (Å²) in [6.07, 6.45) is 0. The molecule has 1 nitrogen and oxygen atoms in total. The molecule has 0 aromatic heterocycles. The summed E-state index contributed by atoms with van der Waals surface area (Å²) in [5.74, 6) is 0. The van der Waals surface area contributed by atoms with Crippen LogP contribution in [-0.2, 0) is 0 Å². The molecule has 76 valence electrons. The molecule has 1 aromatic carbocycles. The van der Waals surface area contributed by atoms with E-state index in [0.717, 1.165) is 0 Å². The molecule has 0 radical (unpaired) electrons. The fourth-order valence-electron chi connectivity index (χ4n) is 1.02. The summed E-state index contributed by atoms with van der Waals surface area (Å²) in [5, 5.41) is 0. The SMILES string of the molecule is CN(C)c1ccc2c(c1)SSSSS2. The van der Waals surface area contributed by atoms with Crippen LogP contribution in [0.4, 0.5) is 5.69 Å².